The zero-order valence-corrected chi connectivity index (χ0v) is 9.39. The number of nitrogens with two attached hydrogens (primary N) is 1. The molecule has 82 valence electrons. The lowest BCUT2D eigenvalue weighted by atomic mass is 10.0. The molecule has 0 radical (unpaired) electrons. The molecule has 1 amide bonds. The number of carbonyl (C=O) groups is 1. The molecule has 1 saturated heterocycles. The third-order valence-corrected chi connectivity index (χ3v) is 3.20. The van der Waals surface area contributed by atoms with Gasteiger partial charge >= 0.3 is 0 Å². The van der Waals surface area contributed by atoms with Crippen LogP contribution in [0.1, 0.15) is 19.3 Å². The van der Waals surface area contributed by atoms with Gasteiger partial charge in [0.1, 0.15) is 5.75 Å². The van der Waals surface area contributed by atoms with Crippen molar-refractivity contribution in [3.8, 4) is 0 Å². The summed E-state index contributed by atoms with van der Waals surface area (Å²) in [5.41, 5.74) is 5.59. The molecule has 1 fully saturated rings. The number of likely N-dealkylation sites (tertiary alicyclic amines) is 1. The van der Waals surface area contributed by atoms with Crippen molar-refractivity contribution in [2.75, 3.05) is 25.1 Å². The highest BCUT2D eigenvalue weighted by molar-refractivity contribution is 7.85. The molecule has 0 aliphatic carbocycles. The Hall–Kier alpha value is -0.420. The van der Waals surface area contributed by atoms with Crippen molar-refractivity contribution in [2.24, 2.45) is 5.73 Å². The first-order chi connectivity index (χ1) is 6.65. The van der Waals surface area contributed by atoms with Crippen molar-refractivity contribution in [1.82, 2.24) is 4.90 Å². The topological polar surface area (TPSA) is 63.4 Å². The van der Waals surface area contributed by atoms with Crippen LogP contribution in [0.5, 0.6) is 0 Å². The van der Waals surface area contributed by atoms with E-state index < -0.39 is 10.8 Å². The molecule has 1 rings (SSSR count). The van der Waals surface area contributed by atoms with E-state index in [0.29, 0.717) is 6.54 Å². The quantitative estimate of drug-likeness (QED) is 0.707. The summed E-state index contributed by atoms with van der Waals surface area (Å²) in [6, 6.07) is 0.166. The van der Waals surface area contributed by atoms with E-state index in [-0.39, 0.29) is 17.7 Å². The number of hydrogen-bond donors (Lipinski definition) is 1. The van der Waals surface area contributed by atoms with Gasteiger partial charge in [-0.2, -0.15) is 0 Å². The van der Waals surface area contributed by atoms with Gasteiger partial charge in [0.2, 0.25) is 5.91 Å². The second kappa shape index (κ2) is 5.46. The predicted octanol–water partition coefficient (Wildman–Crippen LogP) is -0.295. The van der Waals surface area contributed by atoms with Gasteiger partial charge in [-0.1, -0.05) is 0 Å². The monoisotopic (exact) mass is 218 g/mol. The predicted molar refractivity (Wildman–Crippen MR) is 57.3 cm³/mol. The number of nitrogens with zero attached hydrogens (tertiary/aromatic N) is 1. The maximum atomic E-state index is 11.7. The lowest BCUT2D eigenvalue weighted by molar-refractivity contribution is -0.131. The van der Waals surface area contributed by atoms with E-state index in [1.165, 1.54) is 0 Å². The number of carbonyl (C=O) groups excluding carboxylic acids is 1. The fraction of sp³-hybridized carbons (Fsp3) is 0.889. The van der Waals surface area contributed by atoms with Crippen LogP contribution >= 0.6 is 0 Å². The zero-order valence-electron chi connectivity index (χ0n) is 8.57. The first-order valence-electron chi connectivity index (χ1n) is 4.94. The van der Waals surface area contributed by atoms with Gasteiger partial charge in [0.15, 0.2) is 0 Å². The molecule has 1 heterocycles. The third kappa shape index (κ3) is 3.06. The van der Waals surface area contributed by atoms with Gasteiger partial charge in [-0.3, -0.25) is 9.00 Å². The maximum Gasteiger partial charge on any atom is 0.235 e. The van der Waals surface area contributed by atoms with Gasteiger partial charge in [-0.15, -0.1) is 0 Å². The molecule has 0 bridgehead atoms. The number of amides is 1. The molecule has 2 atom stereocenters. The fourth-order valence-electron chi connectivity index (χ4n) is 1.83. The second-order valence-corrected chi connectivity index (χ2v) is 5.13. The summed E-state index contributed by atoms with van der Waals surface area (Å²) in [5, 5.41) is 0. The summed E-state index contributed by atoms with van der Waals surface area (Å²) in [5.74, 6) is 0.122. The Kier molecular flexibility index (Phi) is 4.54. The summed E-state index contributed by atoms with van der Waals surface area (Å²) in [4.78, 5) is 13.5. The Morgan fingerprint density at radius 3 is 2.86 bits per heavy atom. The minimum Gasteiger partial charge on any atom is -0.338 e. The first kappa shape index (κ1) is 11.7. The summed E-state index contributed by atoms with van der Waals surface area (Å²) in [6.07, 6.45) is 4.72. The Morgan fingerprint density at radius 2 is 2.29 bits per heavy atom. The number of hydrogen-bond acceptors (Lipinski definition) is 3. The molecular formula is C9H18N2O2S. The van der Waals surface area contributed by atoms with Crippen molar-refractivity contribution >= 4 is 16.7 Å². The van der Waals surface area contributed by atoms with Crippen LogP contribution in [-0.4, -0.2) is 46.2 Å². The minimum atomic E-state index is -1.05. The van der Waals surface area contributed by atoms with Crippen LogP contribution in [0.4, 0.5) is 0 Å². The van der Waals surface area contributed by atoms with Crippen LogP contribution in [0.25, 0.3) is 0 Å². The van der Waals surface area contributed by atoms with E-state index in [0.717, 1.165) is 25.8 Å². The highest BCUT2D eigenvalue weighted by Crippen LogP contribution is 2.16. The van der Waals surface area contributed by atoms with Gasteiger partial charge < -0.3 is 10.6 Å². The first-order valence-corrected chi connectivity index (χ1v) is 6.67. The largest absolute Gasteiger partial charge is 0.338 e. The molecule has 0 saturated carbocycles. The van der Waals surface area contributed by atoms with Crippen molar-refractivity contribution in [2.45, 2.75) is 25.3 Å². The van der Waals surface area contributed by atoms with Gasteiger partial charge in [-0.05, 0) is 19.3 Å². The van der Waals surface area contributed by atoms with Gasteiger partial charge in [-0.25, -0.2) is 0 Å². The normalized spacial score (nSPS) is 24.7. The van der Waals surface area contributed by atoms with Crippen LogP contribution < -0.4 is 5.73 Å². The Bertz CT molecular complexity index is 233. The van der Waals surface area contributed by atoms with Crippen LogP contribution in [0.2, 0.25) is 0 Å². The fourth-order valence-corrected chi connectivity index (χ4v) is 2.34. The molecule has 2 unspecified atom stereocenters. The molecule has 2 N–H and O–H groups in total. The van der Waals surface area contributed by atoms with E-state index in [1.807, 2.05) is 0 Å². The SMILES string of the molecule is CS(=O)CC(=O)N1CCCCC1CN. The lowest BCUT2D eigenvalue weighted by Gasteiger charge is -2.34. The summed E-state index contributed by atoms with van der Waals surface area (Å²) in [7, 11) is -1.05. The second-order valence-electron chi connectivity index (χ2n) is 3.69. The van der Waals surface area contributed by atoms with Crippen molar-refractivity contribution < 1.29 is 9.00 Å². The molecule has 14 heavy (non-hydrogen) atoms. The smallest absolute Gasteiger partial charge is 0.235 e. The minimum absolute atomic E-state index is 0.0130. The summed E-state index contributed by atoms with van der Waals surface area (Å²) >= 11 is 0. The molecule has 1 aliphatic heterocycles. The third-order valence-electron chi connectivity index (χ3n) is 2.55. The lowest BCUT2D eigenvalue weighted by Crippen LogP contribution is -2.48. The van der Waals surface area contributed by atoms with E-state index in [9.17, 15) is 9.00 Å². The van der Waals surface area contributed by atoms with Crippen LogP contribution in [0.15, 0.2) is 0 Å². The van der Waals surface area contributed by atoms with Crippen molar-refractivity contribution in [1.29, 1.82) is 0 Å². The summed E-state index contributed by atoms with van der Waals surface area (Å²) in [6.45, 7) is 1.29. The molecule has 4 nitrogen and oxygen atoms in total. The van der Waals surface area contributed by atoms with E-state index in [2.05, 4.69) is 0 Å². The highest BCUT2D eigenvalue weighted by Gasteiger charge is 2.25. The van der Waals surface area contributed by atoms with Crippen LogP contribution in [-0.2, 0) is 15.6 Å². The zero-order chi connectivity index (χ0) is 10.6. The van der Waals surface area contributed by atoms with Crippen LogP contribution in [0, 0.1) is 0 Å². The average molecular weight is 218 g/mol. The van der Waals surface area contributed by atoms with Crippen LogP contribution in [0.3, 0.4) is 0 Å². The number of rotatable bonds is 3. The summed E-state index contributed by atoms with van der Waals surface area (Å²) < 4.78 is 10.9. The van der Waals surface area contributed by atoms with Crippen molar-refractivity contribution in [3.05, 3.63) is 0 Å². The average Bonchev–Trinajstić information content (AvgIpc) is 2.16. The molecular weight excluding hydrogens is 200 g/mol. The van der Waals surface area contributed by atoms with E-state index in [4.69, 9.17) is 5.73 Å². The number of piperidine rings is 1. The highest BCUT2D eigenvalue weighted by atomic mass is 32.2. The molecule has 0 aromatic heterocycles. The molecule has 5 heteroatoms. The van der Waals surface area contributed by atoms with Gasteiger partial charge in [0.05, 0.1) is 0 Å². The standard InChI is InChI=1S/C9H18N2O2S/c1-14(13)7-9(12)11-5-3-2-4-8(11)6-10/h8H,2-7,10H2,1H3. The Balaban J connectivity index is 2.54. The molecule has 1 aliphatic rings. The van der Waals surface area contributed by atoms with Gasteiger partial charge in [0.25, 0.3) is 0 Å². The molecule has 0 aromatic rings. The van der Waals surface area contributed by atoms with E-state index in [1.54, 1.807) is 11.2 Å². The Labute approximate surface area is 87.3 Å². The van der Waals surface area contributed by atoms with E-state index >= 15 is 0 Å². The molecule has 0 aromatic carbocycles. The van der Waals surface area contributed by atoms with Gasteiger partial charge in [0, 0.05) is 36.2 Å². The maximum absolute atomic E-state index is 11.7. The Morgan fingerprint density at radius 1 is 1.57 bits per heavy atom. The molecule has 0 spiro atoms. The van der Waals surface area contributed by atoms with Crippen molar-refractivity contribution in [3.63, 3.8) is 0 Å².